The van der Waals surface area contributed by atoms with Crippen molar-refractivity contribution in [2.75, 3.05) is 12.4 Å². The maximum Gasteiger partial charge on any atom is 0.337 e. The highest BCUT2D eigenvalue weighted by Crippen LogP contribution is 2.22. The van der Waals surface area contributed by atoms with Gasteiger partial charge in [0.05, 0.1) is 24.8 Å². The molecular formula is C20H18N2O4. The van der Waals surface area contributed by atoms with Crippen LogP contribution in [0, 0.1) is 6.92 Å². The first-order valence-corrected chi connectivity index (χ1v) is 8.07. The first-order chi connectivity index (χ1) is 12.6. The number of nitrogens with zero attached hydrogens (tertiary/aromatic N) is 1. The lowest BCUT2D eigenvalue weighted by Gasteiger charge is -2.06. The number of aromatic nitrogens is 1. The van der Waals surface area contributed by atoms with E-state index in [1.807, 2.05) is 30.3 Å². The number of benzene rings is 2. The molecule has 3 rings (SSSR count). The second-order valence-electron chi connectivity index (χ2n) is 5.69. The molecule has 6 nitrogen and oxygen atoms in total. The molecule has 0 saturated heterocycles. The summed E-state index contributed by atoms with van der Waals surface area (Å²) in [6.45, 7) is 1.80. The topological polar surface area (TPSA) is 81.4 Å². The predicted octanol–water partition coefficient (Wildman–Crippen LogP) is 3.62. The van der Waals surface area contributed by atoms with Crippen LogP contribution in [0.1, 0.15) is 21.8 Å². The van der Waals surface area contributed by atoms with Gasteiger partial charge in [0.25, 0.3) is 0 Å². The number of ether oxygens (including phenoxy) is 1. The van der Waals surface area contributed by atoms with Crippen LogP contribution in [0.5, 0.6) is 0 Å². The highest BCUT2D eigenvalue weighted by Gasteiger charge is 2.15. The average Bonchev–Trinajstić information content (AvgIpc) is 3.02. The number of methoxy groups -OCH3 is 1. The Morgan fingerprint density at radius 3 is 2.62 bits per heavy atom. The molecule has 0 aliphatic heterocycles. The van der Waals surface area contributed by atoms with Crippen molar-refractivity contribution in [3.8, 4) is 11.5 Å². The fourth-order valence-electron chi connectivity index (χ4n) is 2.49. The van der Waals surface area contributed by atoms with Gasteiger partial charge in [-0.25, -0.2) is 9.78 Å². The molecule has 3 aromatic rings. The quantitative estimate of drug-likeness (QED) is 0.711. The Morgan fingerprint density at radius 2 is 1.88 bits per heavy atom. The highest BCUT2D eigenvalue weighted by molar-refractivity contribution is 5.95. The molecule has 2 aromatic carbocycles. The molecule has 132 valence electrons. The van der Waals surface area contributed by atoms with Crippen molar-refractivity contribution >= 4 is 17.6 Å². The molecular weight excluding hydrogens is 332 g/mol. The van der Waals surface area contributed by atoms with Crippen LogP contribution in [0.3, 0.4) is 0 Å². The van der Waals surface area contributed by atoms with Crippen LogP contribution in [0.25, 0.3) is 11.5 Å². The Balaban J connectivity index is 1.71. The molecule has 0 bridgehead atoms. The van der Waals surface area contributed by atoms with Gasteiger partial charge in [-0.3, -0.25) is 4.79 Å². The summed E-state index contributed by atoms with van der Waals surface area (Å²) in [6, 6.07) is 16.1. The molecule has 0 radical (unpaired) electrons. The number of anilines is 1. The maximum atomic E-state index is 12.3. The van der Waals surface area contributed by atoms with E-state index >= 15 is 0 Å². The monoisotopic (exact) mass is 350 g/mol. The van der Waals surface area contributed by atoms with Gasteiger partial charge in [0.2, 0.25) is 11.8 Å². The Morgan fingerprint density at radius 1 is 1.12 bits per heavy atom. The molecule has 6 heteroatoms. The Labute approximate surface area is 150 Å². The number of carbonyl (C=O) groups excluding carboxylic acids is 2. The summed E-state index contributed by atoms with van der Waals surface area (Å²) in [7, 11) is 1.31. The molecule has 0 aliphatic carbocycles. The van der Waals surface area contributed by atoms with Gasteiger partial charge >= 0.3 is 5.97 Å². The number of aryl methyl sites for hydroxylation is 1. The van der Waals surface area contributed by atoms with Crippen LogP contribution in [-0.2, 0) is 16.0 Å². The highest BCUT2D eigenvalue weighted by atomic mass is 16.5. The van der Waals surface area contributed by atoms with Gasteiger partial charge in [-0.2, -0.15) is 0 Å². The fraction of sp³-hybridized carbons (Fsp3) is 0.150. The molecule has 0 aliphatic rings. The van der Waals surface area contributed by atoms with Crippen LogP contribution in [0.15, 0.2) is 59.0 Å². The molecule has 1 aromatic heterocycles. The predicted molar refractivity (Wildman–Crippen MR) is 96.8 cm³/mol. The summed E-state index contributed by atoms with van der Waals surface area (Å²) >= 11 is 0. The zero-order valence-corrected chi connectivity index (χ0v) is 14.5. The van der Waals surface area contributed by atoms with E-state index in [0.717, 1.165) is 5.56 Å². The minimum Gasteiger partial charge on any atom is -0.465 e. The van der Waals surface area contributed by atoms with Gasteiger partial charge < -0.3 is 14.5 Å². The lowest BCUT2D eigenvalue weighted by Crippen LogP contribution is -2.15. The van der Waals surface area contributed by atoms with Gasteiger partial charge in [-0.1, -0.05) is 24.3 Å². The van der Waals surface area contributed by atoms with Crippen LogP contribution in [0.2, 0.25) is 0 Å². The van der Waals surface area contributed by atoms with E-state index < -0.39 is 5.97 Å². The van der Waals surface area contributed by atoms with E-state index in [0.29, 0.717) is 28.6 Å². The summed E-state index contributed by atoms with van der Waals surface area (Å²) in [5.41, 5.74) is 2.40. The number of amides is 1. The van der Waals surface area contributed by atoms with E-state index in [2.05, 4.69) is 15.0 Å². The molecule has 0 unspecified atom stereocenters. The molecule has 1 amide bonds. The third kappa shape index (κ3) is 3.97. The molecule has 26 heavy (non-hydrogen) atoms. The van der Waals surface area contributed by atoms with Crippen LogP contribution in [-0.4, -0.2) is 24.0 Å². The number of hydrogen-bond donors (Lipinski definition) is 1. The Kier molecular flexibility index (Phi) is 5.12. The summed E-state index contributed by atoms with van der Waals surface area (Å²) < 4.78 is 10.4. The number of hydrogen-bond acceptors (Lipinski definition) is 5. The second-order valence-corrected chi connectivity index (χ2v) is 5.69. The molecule has 0 spiro atoms. The number of nitrogens with one attached hydrogen (secondary N) is 1. The zero-order valence-electron chi connectivity index (χ0n) is 14.5. The lowest BCUT2D eigenvalue weighted by atomic mass is 10.2. The van der Waals surface area contributed by atoms with Crippen molar-refractivity contribution in [1.29, 1.82) is 0 Å². The van der Waals surface area contributed by atoms with E-state index in [9.17, 15) is 9.59 Å². The van der Waals surface area contributed by atoms with Gasteiger partial charge in [0.1, 0.15) is 5.76 Å². The zero-order chi connectivity index (χ0) is 18.5. The van der Waals surface area contributed by atoms with Crippen molar-refractivity contribution in [3.05, 3.63) is 71.6 Å². The molecule has 0 fully saturated rings. The van der Waals surface area contributed by atoms with Crippen LogP contribution >= 0.6 is 0 Å². The Bertz CT molecular complexity index is 932. The van der Waals surface area contributed by atoms with E-state index in [-0.39, 0.29) is 12.3 Å². The van der Waals surface area contributed by atoms with E-state index in [1.165, 1.54) is 7.11 Å². The van der Waals surface area contributed by atoms with Gasteiger partial charge in [0.15, 0.2) is 0 Å². The number of carbonyl (C=O) groups is 2. The molecule has 1 heterocycles. The van der Waals surface area contributed by atoms with Gasteiger partial charge in [-0.15, -0.1) is 0 Å². The lowest BCUT2D eigenvalue weighted by molar-refractivity contribution is -0.115. The molecule has 0 atom stereocenters. The molecule has 0 saturated carbocycles. The smallest absolute Gasteiger partial charge is 0.337 e. The largest absolute Gasteiger partial charge is 0.465 e. The standard InChI is InChI=1S/C20H18N2O4/c1-13-17(26-19(21-13)14-7-4-3-5-8-14)12-18(23)22-16-10-6-9-15(11-16)20(24)25-2/h3-11H,12H2,1-2H3,(H,22,23). The van der Waals surface area contributed by atoms with E-state index in [1.54, 1.807) is 31.2 Å². The van der Waals surface area contributed by atoms with Gasteiger partial charge in [0, 0.05) is 11.3 Å². The van der Waals surface area contributed by atoms with Crippen LogP contribution in [0.4, 0.5) is 5.69 Å². The third-order valence-corrected chi connectivity index (χ3v) is 3.80. The minimum atomic E-state index is -0.459. The summed E-state index contributed by atoms with van der Waals surface area (Å²) in [5, 5.41) is 2.75. The van der Waals surface area contributed by atoms with Crippen molar-refractivity contribution in [2.45, 2.75) is 13.3 Å². The van der Waals surface area contributed by atoms with Crippen molar-refractivity contribution < 1.29 is 18.7 Å². The van der Waals surface area contributed by atoms with Crippen molar-refractivity contribution in [1.82, 2.24) is 4.98 Å². The molecule has 1 N–H and O–H groups in total. The summed E-state index contributed by atoms with van der Waals surface area (Å²) in [5.74, 6) is 0.273. The first-order valence-electron chi connectivity index (χ1n) is 8.07. The summed E-state index contributed by atoms with van der Waals surface area (Å²) in [6.07, 6.45) is 0.0497. The Hall–Kier alpha value is -3.41. The third-order valence-electron chi connectivity index (χ3n) is 3.80. The number of esters is 1. The van der Waals surface area contributed by atoms with E-state index in [4.69, 9.17) is 4.42 Å². The fourth-order valence-corrected chi connectivity index (χ4v) is 2.49. The van der Waals surface area contributed by atoms with Gasteiger partial charge in [-0.05, 0) is 37.3 Å². The normalized spacial score (nSPS) is 10.4. The maximum absolute atomic E-state index is 12.3. The number of oxazole rings is 1. The SMILES string of the molecule is COC(=O)c1cccc(NC(=O)Cc2oc(-c3ccccc3)nc2C)c1. The second kappa shape index (κ2) is 7.65. The van der Waals surface area contributed by atoms with Crippen LogP contribution < -0.4 is 5.32 Å². The van der Waals surface area contributed by atoms with Crippen molar-refractivity contribution in [3.63, 3.8) is 0 Å². The minimum absolute atomic E-state index is 0.0497. The van der Waals surface area contributed by atoms with Crippen molar-refractivity contribution in [2.24, 2.45) is 0 Å². The average molecular weight is 350 g/mol. The first kappa shape index (κ1) is 17.4. The summed E-state index contributed by atoms with van der Waals surface area (Å²) in [4.78, 5) is 28.3. The number of rotatable bonds is 5.